The first-order valence-corrected chi connectivity index (χ1v) is 27.6. The minimum Gasteiger partial charge on any atom is -0.493 e. The molecule has 3 heterocycles. The summed E-state index contributed by atoms with van der Waals surface area (Å²) in [5.74, 6) is 18.5. The summed E-state index contributed by atoms with van der Waals surface area (Å²) in [5, 5.41) is 26.9. The minimum absolute atomic E-state index is 0.0551. The molecule has 0 saturated carbocycles. The highest BCUT2D eigenvalue weighted by Gasteiger charge is 2.34. The van der Waals surface area contributed by atoms with Gasteiger partial charge in [-0.25, -0.2) is 14.4 Å². The molecule has 0 radical (unpaired) electrons. The Kier molecular flexibility index (Phi) is 21.4. The number of carboxylic acids is 3. The maximum absolute atomic E-state index is 10.9. The van der Waals surface area contributed by atoms with Gasteiger partial charge in [0.05, 0.1) is 56.3 Å². The molecule has 12 nitrogen and oxygen atoms in total. The third-order valence-electron chi connectivity index (χ3n) is 14.6. The first kappa shape index (κ1) is 60.3. The normalized spacial score (nSPS) is 18.4. The Labute approximate surface area is 476 Å². The lowest BCUT2D eigenvalue weighted by Gasteiger charge is -2.29. The van der Waals surface area contributed by atoms with Crippen LogP contribution < -0.4 is 14.2 Å². The second-order valence-electron chi connectivity index (χ2n) is 21.2. The number of aromatic carboxylic acids is 3. The van der Waals surface area contributed by atoms with Gasteiger partial charge in [0.2, 0.25) is 0 Å². The third kappa shape index (κ3) is 16.6. The lowest BCUT2D eigenvalue weighted by Crippen LogP contribution is -2.28. The van der Waals surface area contributed by atoms with E-state index in [1.54, 1.807) is 79.9 Å². The second kappa shape index (κ2) is 28.7. The number of hydrogen-bond acceptors (Lipinski definition) is 9. The number of fused-ring (bicyclic) bond motifs is 3. The summed E-state index contributed by atoms with van der Waals surface area (Å²) in [6.45, 7) is 16.4. The molecule has 0 saturated heterocycles. The fourth-order valence-electron chi connectivity index (χ4n) is 10.1. The zero-order chi connectivity index (χ0) is 57.8. The molecule has 0 aromatic heterocycles. The fraction of sp³-hybridized carbons (Fsp3) is 0.348. The number of benzene rings is 6. The van der Waals surface area contributed by atoms with Crippen molar-refractivity contribution in [3.8, 4) is 52.8 Å². The lowest BCUT2D eigenvalue weighted by molar-refractivity contribution is 0.0686. The van der Waals surface area contributed by atoms with Crippen molar-refractivity contribution in [3.63, 3.8) is 0 Å². The van der Waals surface area contributed by atoms with Crippen LogP contribution in [0.4, 0.5) is 0 Å². The Bertz CT molecular complexity index is 3330. The number of carboxylic acid groups (broad SMARTS) is 3. The minimum atomic E-state index is -0.938. The van der Waals surface area contributed by atoms with Gasteiger partial charge in [0.15, 0.2) is 0 Å². The zero-order valence-corrected chi connectivity index (χ0v) is 47.2. The van der Waals surface area contributed by atoms with E-state index in [9.17, 15) is 14.4 Å². The molecule has 3 unspecified atom stereocenters. The van der Waals surface area contributed by atoms with Gasteiger partial charge in [-0.3, -0.25) is 0 Å². The number of hydrogen-bond donors (Lipinski definition) is 3. The molecule has 0 amide bonds. The van der Waals surface area contributed by atoms with Crippen LogP contribution in [0.15, 0.2) is 127 Å². The van der Waals surface area contributed by atoms with Crippen molar-refractivity contribution in [2.75, 3.05) is 60.0 Å². The van der Waals surface area contributed by atoms with E-state index in [1.165, 1.54) is 11.1 Å². The van der Waals surface area contributed by atoms with Crippen LogP contribution >= 0.6 is 0 Å². The van der Waals surface area contributed by atoms with Crippen LogP contribution in [0.3, 0.4) is 0 Å². The van der Waals surface area contributed by atoms with Crippen LogP contribution in [0, 0.1) is 35.5 Å². The van der Waals surface area contributed by atoms with E-state index in [-0.39, 0.29) is 32.9 Å². The summed E-state index contributed by atoms with van der Waals surface area (Å²) in [7, 11) is 1.73. The van der Waals surface area contributed by atoms with E-state index in [4.69, 9.17) is 43.7 Å². The average Bonchev–Trinajstić information content (AvgIpc) is 3.95. The first-order valence-electron chi connectivity index (χ1n) is 27.6. The molecule has 420 valence electrons. The maximum Gasteiger partial charge on any atom is 0.335 e. The first-order chi connectivity index (χ1) is 39.0. The van der Waals surface area contributed by atoms with Crippen molar-refractivity contribution >= 4 is 17.9 Å². The van der Waals surface area contributed by atoms with E-state index < -0.39 is 17.9 Å². The molecular weight excluding hydrogens is 1020 g/mol. The highest BCUT2D eigenvalue weighted by atomic mass is 16.5. The fourth-order valence-corrected chi connectivity index (χ4v) is 10.1. The van der Waals surface area contributed by atoms with Gasteiger partial charge in [0.25, 0.3) is 0 Å². The van der Waals surface area contributed by atoms with Gasteiger partial charge in [-0.05, 0) is 161 Å². The van der Waals surface area contributed by atoms with E-state index >= 15 is 0 Å². The highest BCUT2D eigenvalue weighted by Crippen LogP contribution is 2.41. The number of carbonyl (C=O) groups is 3. The van der Waals surface area contributed by atoms with Crippen molar-refractivity contribution in [2.24, 2.45) is 0 Å². The average molecular weight is 1090 g/mol. The van der Waals surface area contributed by atoms with Crippen LogP contribution in [0.2, 0.25) is 0 Å². The van der Waals surface area contributed by atoms with Crippen LogP contribution in [-0.4, -0.2) is 93.2 Å². The van der Waals surface area contributed by atoms with Gasteiger partial charge in [0, 0.05) is 86.6 Å². The molecule has 0 bridgehead atoms. The topological polar surface area (TPSA) is 167 Å². The van der Waals surface area contributed by atoms with Crippen LogP contribution in [-0.2, 0) is 30.5 Å². The van der Waals surface area contributed by atoms with Crippen molar-refractivity contribution in [2.45, 2.75) is 95.8 Å². The largest absolute Gasteiger partial charge is 0.493 e. The van der Waals surface area contributed by atoms with Gasteiger partial charge >= 0.3 is 17.9 Å². The predicted molar refractivity (Wildman–Crippen MR) is 313 cm³/mol. The van der Waals surface area contributed by atoms with Crippen molar-refractivity contribution in [3.05, 3.63) is 194 Å². The highest BCUT2D eigenvalue weighted by molar-refractivity contribution is 5.88. The summed E-state index contributed by atoms with van der Waals surface area (Å²) in [6.07, 6.45) is 7.08. The molecule has 3 N–H and O–H groups in total. The molecule has 0 fully saturated rings. The Morgan fingerprint density at radius 3 is 1.04 bits per heavy atom. The van der Waals surface area contributed by atoms with E-state index in [2.05, 4.69) is 81.4 Å². The number of methoxy groups -OCH3 is 1. The summed E-state index contributed by atoms with van der Waals surface area (Å²) in [6, 6.07) is 37.9. The van der Waals surface area contributed by atoms with E-state index in [0.717, 1.165) is 108 Å². The lowest BCUT2D eigenvalue weighted by atomic mass is 9.79. The molecule has 6 aromatic rings. The molecule has 12 heteroatoms. The Morgan fingerprint density at radius 1 is 0.444 bits per heavy atom. The molecule has 6 aromatic carbocycles. The second-order valence-corrected chi connectivity index (χ2v) is 21.2. The predicted octanol–water partition coefficient (Wildman–Crippen LogP) is 12.8. The summed E-state index contributed by atoms with van der Waals surface area (Å²) >= 11 is 0. The maximum atomic E-state index is 10.9. The molecular formula is C69H72O12. The molecule has 0 aliphatic carbocycles. The number of rotatable bonds is 12. The van der Waals surface area contributed by atoms with Gasteiger partial charge in [-0.2, -0.15) is 0 Å². The molecule has 81 heavy (non-hydrogen) atoms. The zero-order valence-electron chi connectivity index (χ0n) is 47.2. The summed E-state index contributed by atoms with van der Waals surface area (Å²) in [5.41, 5.74) is 9.05. The summed E-state index contributed by atoms with van der Waals surface area (Å²) < 4.78 is 34.9. The molecule has 3 aliphatic heterocycles. The van der Waals surface area contributed by atoms with E-state index in [0.29, 0.717) is 46.2 Å². The standard InChI is InChI=1S/C24H26O4.C23H24O4.C22H22O4/c1-3-14-27-17-24(2)13-4-15-28-22-16-19(9-12-21(22)24)6-5-18-7-10-20(11-8-18)23(25)26;1-3-26-16-23(2)13-4-14-27-21-15-18(9-12-20(21)23)6-5-17-7-10-19(11-8-17)22(24)25;1-22(15-25-2)12-3-13-26-20-14-17(8-11-19(20)22)5-4-16-6-9-18(10-7-16)21(23)24/h7-12,16H,3-4,13-15,17H2,1-2H3,(H,25,26);7-12,15H,3-4,13-14,16H2,1-2H3,(H,24,25);6-11,14H,3,12-13,15H2,1-2H3,(H,23,24). The SMILES string of the molecule is CCCOCC1(C)CCCOc2cc(C#Cc3ccc(C(=O)O)cc3)ccc21.CCOCC1(C)CCCOc2cc(C#Cc3ccc(C(=O)O)cc3)ccc21.COCC1(C)CCCOc2cc(C#Cc3ccc(C(=O)O)cc3)ccc21. The van der Waals surface area contributed by atoms with Gasteiger partial charge in [-0.15, -0.1) is 0 Å². The number of ether oxygens (including phenoxy) is 6. The third-order valence-corrected chi connectivity index (χ3v) is 14.6. The molecule has 3 aliphatic rings. The monoisotopic (exact) mass is 1090 g/mol. The molecule has 9 rings (SSSR count). The van der Waals surface area contributed by atoms with Crippen LogP contribution in [0.1, 0.15) is 161 Å². The Hall–Kier alpha value is -8.31. The molecule has 3 atom stereocenters. The van der Waals surface area contributed by atoms with Crippen molar-refractivity contribution < 1.29 is 58.1 Å². The van der Waals surface area contributed by atoms with Gasteiger partial charge in [-0.1, -0.05) is 81.4 Å². The molecule has 0 spiro atoms. The van der Waals surface area contributed by atoms with Crippen LogP contribution in [0.25, 0.3) is 0 Å². The van der Waals surface area contributed by atoms with Crippen molar-refractivity contribution in [1.29, 1.82) is 0 Å². The Balaban J connectivity index is 0.000000175. The Morgan fingerprint density at radius 2 is 0.741 bits per heavy atom. The smallest absolute Gasteiger partial charge is 0.335 e. The van der Waals surface area contributed by atoms with E-state index in [1.807, 2.05) is 43.3 Å². The van der Waals surface area contributed by atoms with Crippen molar-refractivity contribution in [1.82, 2.24) is 0 Å². The van der Waals surface area contributed by atoms with Crippen LogP contribution in [0.5, 0.6) is 17.2 Å². The summed E-state index contributed by atoms with van der Waals surface area (Å²) in [4.78, 5) is 32.7. The van der Waals surface area contributed by atoms with Gasteiger partial charge in [0.1, 0.15) is 17.2 Å². The quantitative estimate of drug-likeness (QED) is 0.0785. The van der Waals surface area contributed by atoms with Gasteiger partial charge < -0.3 is 43.7 Å².